The molecule has 0 saturated carbocycles. The van der Waals surface area contributed by atoms with Gasteiger partial charge in [0.25, 0.3) is 11.8 Å². The standard InChI is InChI=1S/C45H43N3O5/c1-44(2,3)53-41(50)32-48-39(35-23-13-6-14-24-35)29-38(34-21-11-5-12-22-34)45(43(48)52,37-27-17-8-18-28-37)46-40(49)31-47(30-33-19-9-4-10-20-33)42(51)36-25-15-7-16-26-36/h4-29,38H,30-32H2,1-3H3,(H,46,49)/t38-,45+/m0/s1. The lowest BCUT2D eigenvalue weighted by atomic mass is 9.70. The summed E-state index contributed by atoms with van der Waals surface area (Å²) in [6.45, 7) is 4.75. The molecule has 0 fully saturated rings. The third-order valence-electron chi connectivity index (χ3n) is 9.02. The lowest BCUT2D eigenvalue weighted by Gasteiger charge is -2.47. The highest BCUT2D eigenvalue weighted by atomic mass is 16.6. The first-order valence-corrected chi connectivity index (χ1v) is 17.7. The van der Waals surface area contributed by atoms with Crippen molar-refractivity contribution in [2.75, 3.05) is 13.1 Å². The summed E-state index contributed by atoms with van der Waals surface area (Å²) < 4.78 is 5.73. The van der Waals surface area contributed by atoms with E-state index in [9.17, 15) is 14.4 Å². The second kappa shape index (κ2) is 15.9. The summed E-state index contributed by atoms with van der Waals surface area (Å²) in [6.07, 6.45) is 1.95. The van der Waals surface area contributed by atoms with Crippen molar-refractivity contribution in [2.45, 2.75) is 44.4 Å². The SMILES string of the molecule is CC(C)(C)OC(=O)CN1C(=O)[C@@](NC(=O)CN(Cc2ccccc2)C(=O)c2ccccc2)(c2ccccc2)[C@H](c2ccccc2)C=C1c1ccccc1. The van der Waals surface area contributed by atoms with Crippen LogP contribution in [0.15, 0.2) is 158 Å². The molecule has 1 aliphatic heterocycles. The molecule has 0 aliphatic carbocycles. The average molecular weight is 706 g/mol. The van der Waals surface area contributed by atoms with Crippen LogP contribution in [0.2, 0.25) is 0 Å². The van der Waals surface area contributed by atoms with E-state index in [1.54, 1.807) is 57.2 Å². The number of ether oxygens (including phenoxy) is 1. The Morgan fingerprint density at radius 3 is 1.85 bits per heavy atom. The normalized spacial score (nSPS) is 17.0. The minimum absolute atomic E-state index is 0.166. The number of benzene rings is 5. The average Bonchev–Trinajstić information content (AvgIpc) is 3.17. The fourth-order valence-corrected chi connectivity index (χ4v) is 6.76. The van der Waals surface area contributed by atoms with Crippen molar-refractivity contribution in [3.8, 4) is 0 Å². The van der Waals surface area contributed by atoms with Gasteiger partial charge in [-0.3, -0.25) is 24.1 Å². The molecule has 1 N–H and O–H groups in total. The number of rotatable bonds is 11. The van der Waals surface area contributed by atoms with Crippen molar-refractivity contribution in [3.63, 3.8) is 0 Å². The van der Waals surface area contributed by atoms with Gasteiger partial charge in [0, 0.05) is 23.7 Å². The highest BCUT2D eigenvalue weighted by molar-refractivity contribution is 6.03. The van der Waals surface area contributed by atoms with Crippen LogP contribution in [-0.2, 0) is 31.2 Å². The summed E-state index contributed by atoms with van der Waals surface area (Å²) in [5.41, 5.74) is 1.29. The Labute approximate surface area is 310 Å². The monoisotopic (exact) mass is 705 g/mol. The Morgan fingerprint density at radius 2 is 1.26 bits per heavy atom. The molecule has 0 aromatic heterocycles. The lowest BCUT2D eigenvalue weighted by molar-refractivity contribution is -0.159. The Kier molecular flexibility index (Phi) is 11.0. The van der Waals surface area contributed by atoms with Gasteiger partial charge < -0.3 is 15.0 Å². The number of hydrogen-bond acceptors (Lipinski definition) is 5. The summed E-state index contributed by atoms with van der Waals surface area (Å²) in [5.74, 6) is -2.70. The van der Waals surface area contributed by atoms with Crippen molar-refractivity contribution in [3.05, 3.63) is 186 Å². The maximum absolute atomic E-state index is 15.6. The summed E-state index contributed by atoms with van der Waals surface area (Å²) in [5, 5.41) is 3.17. The molecule has 3 amide bonds. The molecule has 53 heavy (non-hydrogen) atoms. The topological polar surface area (TPSA) is 96.0 Å². The van der Waals surface area contributed by atoms with Crippen molar-refractivity contribution in [2.24, 2.45) is 0 Å². The first-order chi connectivity index (χ1) is 25.5. The number of carbonyl (C=O) groups excluding carboxylic acids is 4. The molecule has 5 aromatic carbocycles. The molecule has 2 atom stereocenters. The van der Waals surface area contributed by atoms with E-state index in [1.807, 2.05) is 121 Å². The Hall–Kier alpha value is -6.28. The van der Waals surface area contributed by atoms with Crippen LogP contribution in [0.3, 0.4) is 0 Å². The lowest BCUT2D eigenvalue weighted by Crippen LogP contribution is -2.63. The van der Waals surface area contributed by atoms with Crippen molar-refractivity contribution in [1.29, 1.82) is 0 Å². The Balaban J connectivity index is 1.49. The molecule has 8 nitrogen and oxygen atoms in total. The molecule has 268 valence electrons. The first kappa shape index (κ1) is 36.5. The van der Waals surface area contributed by atoms with E-state index in [0.717, 1.165) is 16.7 Å². The van der Waals surface area contributed by atoms with Crippen LogP contribution >= 0.6 is 0 Å². The summed E-state index contributed by atoms with van der Waals surface area (Å²) in [7, 11) is 0. The van der Waals surface area contributed by atoms with Gasteiger partial charge in [-0.2, -0.15) is 0 Å². The smallest absolute Gasteiger partial charge is 0.326 e. The van der Waals surface area contributed by atoms with Gasteiger partial charge >= 0.3 is 5.97 Å². The summed E-state index contributed by atoms with van der Waals surface area (Å²) in [4.78, 5) is 60.6. The van der Waals surface area contributed by atoms with E-state index in [4.69, 9.17) is 4.74 Å². The van der Waals surface area contributed by atoms with Crippen LogP contribution in [0.5, 0.6) is 0 Å². The molecule has 0 saturated heterocycles. The molecule has 1 aliphatic rings. The van der Waals surface area contributed by atoms with Gasteiger partial charge in [0.2, 0.25) is 5.91 Å². The van der Waals surface area contributed by atoms with Crippen molar-refractivity contribution >= 4 is 29.4 Å². The molecule has 6 rings (SSSR count). The first-order valence-electron chi connectivity index (χ1n) is 17.7. The number of amides is 3. The van der Waals surface area contributed by atoms with Gasteiger partial charge in [-0.05, 0) is 61.2 Å². The van der Waals surface area contributed by atoms with Crippen LogP contribution in [0.1, 0.15) is 59.3 Å². The van der Waals surface area contributed by atoms with E-state index in [2.05, 4.69) is 5.32 Å². The zero-order valence-electron chi connectivity index (χ0n) is 30.1. The Morgan fingerprint density at radius 1 is 0.736 bits per heavy atom. The van der Waals surface area contributed by atoms with E-state index >= 15 is 4.79 Å². The van der Waals surface area contributed by atoms with Crippen LogP contribution in [0.4, 0.5) is 0 Å². The van der Waals surface area contributed by atoms with Gasteiger partial charge in [-0.1, -0.05) is 140 Å². The third kappa shape index (κ3) is 8.45. The zero-order valence-corrected chi connectivity index (χ0v) is 30.1. The largest absolute Gasteiger partial charge is 0.459 e. The molecule has 8 heteroatoms. The molecular weight excluding hydrogens is 663 g/mol. The Bertz CT molecular complexity index is 2060. The fourth-order valence-electron chi connectivity index (χ4n) is 6.76. The molecule has 0 bridgehead atoms. The fraction of sp³-hybridized carbons (Fsp3) is 0.200. The second-order valence-corrected chi connectivity index (χ2v) is 14.0. The van der Waals surface area contributed by atoms with Crippen LogP contribution in [0, 0.1) is 0 Å². The predicted molar refractivity (Wildman–Crippen MR) is 205 cm³/mol. The van der Waals surface area contributed by atoms with Crippen LogP contribution < -0.4 is 5.32 Å². The molecule has 5 aromatic rings. The van der Waals surface area contributed by atoms with Crippen molar-refractivity contribution in [1.82, 2.24) is 15.1 Å². The summed E-state index contributed by atoms with van der Waals surface area (Å²) in [6, 6.07) is 46.2. The molecule has 1 heterocycles. The maximum atomic E-state index is 15.6. The molecular formula is C45H43N3O5. The van der Waals surface area contributed by atoms with E-state index < -0.39 is 41.4 Å². The number of hydrogen-bond donors (Lipinski definition) is 1. The van der Waals surface area contributed by atoms with E-state index in [1.165, 1.54) is 9.80 Å². The predicted octanol–water partition coefficient (Wildman–Crippen LogP) is 7.35. The number of nitrogens with zero attached hydrogens (tertiary/aromatic N) is 2. The number of carbonyl (C=O) groups is 4. The molecule has 0 unspecified atom stereocenters. The van der Waals surface area contributed by atoms with Crippen LogP contribution in [0.25, 0.3) is 5.70 Å². The minimum Gasteiger partial charge on any atom is -0.459 e. The molecule has 0 spiro atoms. The second-order valence-electron chi connectivity index (χ2n) is 14.0. The quantitative estimate of drug-likeness (QED) is 0.145. The zero-order chi connectivity index (χ0) is 37.4. The van der Waals surface area contributed by atoms with Gasteiger partial charge in [0.05, 0.1) is 0 Å². The third-order valence-corrected chi connectivity index (χ3v) is 9.02. The van der Waals surface area contributed by atoms with Gasteiger partial charge in [0.15, 0.2) is 5.54 Å². The summed E-state index contributed by atoms with van der Waals surface area (Å²) >= 11 is 0. The van der Waals surface area contributed by atoms with Crippen LogP contribution in [-0.4, -0.2) is 52.2 Å². The van der Waals surface area contributed by atoms with Crippen molar-refractivity contribution < 1.29 is 23.9 Å². The molecule has 0 radical (unpaired) electrons. The van der Waals surface area contributed by atoms with Gasteiger partial charge in [-0.25, -0.2) is 0 Å². The van der Waals surface area contributed by atoms with E-state index in [0.29, 0.717) is 16.8 Å². The minimum atomic E-state index is -1.73. The highest BCUT2D eigenvalue weighted by Crippen LogP contribution is 2.46. The highest BCUT2D eigenvalue weighted by Gasteiger charge is 2.54. The maximum Gasteiger partial charge on any atom is 0.326 e. The van der Waals surface area contributed by atoms with Gasteiger partial charge in [-0.15, -0.1) is 0 Å². The number of esters is 1. The van der Waals surface area contributed by atoms with E-state index in [-0.39, 0.29) is 19.0 Å². The number of nitrogens with one attached hydrogen (secondary N) is 1. The van der Waals surface area contributed by atoms with Gasteiger partial charge in [0.1, 0.15) is 18.7 Å².